The Morgan fingerprint density at radius 1 is 1.28 bits per heavy atom. The molecule has 0 radical (unpaired) electrons. The lowest BCUT2D eigenvalue weighted by molar-refractivity contribution is 0.0983. The highest BCUT2D eigenvalue weighted by atomic mass is 16.6. The quantitative estimate of drug-likeness (QED) is 0.705. The molecule has 1 aromatic heterocycles. The van der Waals surface area contributed by atoms with Crippen LogP contribution in [0.5, 0.6) is 5.75 Å². The molecule has 3 rings (SSSR count). The van der Waals surface area contributed by atoms with Crippen LogP contribution in [0.25, 0.3) is 0 Å². The number of anilines is 2. The van der Waals surface area contributed by atoms with Crippen molar-refractivity contribution in [3.05, 3.63) is 42.1 Å². The van der Waals surface area contributed by atoms with Crippen LogP contribution in [0.2, 0.25) is 0 Å². The van der Waals surface area contributed by atoms with Crippen LogP contribution in [0.15, 0.2) is 36.5 Å². The Balaban J connectivity index is 1.45. The van der Waals surface area contributed by atoms with E-state index in [0.717, 1.165) is 37.4 Å². The first-order valence-electron chi connectivity index (χ1n) is 10.1. The summed E-state index contributed by atoms with van der Waals surface area (Å²) >= 11 is 0. The lowest BCUT2D eigenvalue weighted by atomic mass is 10.1. The van der Waals surface area contributed by atoms with Crippen LogP contribution in [0, 0.1) is 0 Å². The molecule has 1 fully saturated rings. The Morgan fingerprint density at radius 3 is 2.86 bits per heavy atom. The highest BCUT2D eigenvalue weighted by Crippen LogP contribution is 2.17. The molecule has 1 saturated heterocycles. The summed E-state index contributed by atoms with van der Waals surface area (Å²) in [7, 11) is 1.67. The van der Waals surface area contributed by atoms with Crippen molar-refractivity contribution < 1.29 is 14.3 Å². The SMILES string of the molecule is CCOC(=O)N1CCC(Nc2ccnc(NCCc3cccc(OC)c3)n2)CC1. The van der Waals surface area contributed by atoms with Gasteiger partial charge in [-0.05, 0) is 49.9 Å². The number of nitrogens with zero attached hydrogens (tertiary/aromatic N) is 3. The van der Waals surface area contributed by atoms with Crippen molar-refractivity contribution in [1.82, 2.24) is 14.9 Å². The number of aromatic nitrogens is 2. The van der Waals surface area contributed by atoms with Gasteiger partial charge in [-0.15, -0.1) is 0 Å². The molecule has 156 valence electrons. The van der Waals surface area contributed by atoms with Gasteiger partial charge in [0, 0.05) is 31.9 Å². The van der Waals surface area contributed by atoms with Crippen LogP contribution < -0.4 is 15.4 Å². The number of amides is 1. The van der Waals surface area contributed by atoms with Crippen molar-refractivity contribution in [3.63, 3.8) is 0 Å². The van der Waals surface area contributed by atoms with Crippen LogP contribution in [-0.2, 0) is 11.2 Å². The normalized spacial score (nSPS) is 14.3. The van der Waals surface area contributed by atoms with Crippen molar-refractivity contribution >= 4 is 17.9 Å². The summed E-state index contributed by atoms with van der Waals surface area (Å²) in [6, 6.07) is 10.2. The molecule has 1 aliphatic rings. The molecule has 2 aromatic rings. The van der Waals surface area contributed by atoms with Crippen LogP contribution in [0.3, 0.4) is 0 Å². The molecule has 0 saturated carbocycles. The summed E-state index contributed by atoms with van der Waals surface area (Å²) in [5, 5.41) is 6.72. The minimum absolute atomic E-state index is 0.226. The molecule has 0 bridgehead atoms. The van der Waals surface area contributed by atoms with E-state index in [1.165, 1.54) is 5.56 Å². The first-order valence-corrected chi connectivity index (χ1v) is 10.1. The number of piperidine rings is 1. The third-order valence-electron chi connectivity index (χ3n) is 4.86. The van der Waals surface area contributed by atoms with Gasteiger partial charge in [-0.2, -0.15) is 4.98 Å². The first kappa shape index (κ1) is 20.7. The number of likely N-dealkylation sites (tertiary alicyclic amines) is 1. The van der Waals surface area contributed by atoms with Gasteiger partial charge in [0.25, 0.3) is 0 Å². The summed E-state index contributed by atoms with van der Waals surface area (Å²) in [4.78, 5) is 22.4. The maximum Gasteiger partial charge on any atom is 0.409 e. The van der Waals surface area contributed by atoms with Crippen LogP contribution in [0.4, 0.5) is 16.6 Å². The zero-order chi connectivity index (χ0) is 20.5. The molecule has 8 heteroatoms. The Kier molecular flexibility index (Phi) is 7.49. The van der Waals surface area contributed by atoms with Gasteiger partial charge >= 0.3 is 6.09 Å². The molecule has 1 amide bonds. The fraction of sp³-hybridized carbons (Fsp3) is 0.476. The minimum Gasteiger partial charge on any atom is -0.497 e. The second kappa shape index (κ2) is 10.5. The molecule has 0 unspecified atom stereocenters. The summed E-state index contributed by atoms with van der Waals surface area (Å²) in [6.07, 6.45) is 4.10. The molecule has 0 aliphatic carbocycles. The predicted octanol–water partition coefficient (Wildman–Crippen LogP) is 3.17. The second-order valence-corrected chi connectivity index (χ2v) is 6.90. The van der Waals surface area contributed by atoms with Crippen LogP contribution >= 0.6 is 0 Å². The van der Waals surface area contributed by atoms with E-state index in [4.69, 9.17) is 9.47 Å². The third kappa shape index (κ3) is 6.23. The lowest BCUT2D eigenvalue weighted by Crippen LogP contribution is -2.42. The van der Waals surface area contributed by atoms with Gasteiger partial charge in [-0.3, -0.25) is 0 Å². The molecular formula is C21H29N5O3. The van der Waals surface area contributed by atoms with E-state index in [1.54, 1.807) is 18.2 Å². The van der Waals surface area contributed by atoms with Gasteiger partial charge in [-0.25, -0.2) is 9.78 Å². The summed E-state index contributed by atoms with van der Waals surface area (Å²) in [5.74, 6) is 2.25. The first-order chi connectivity index (χ1) is 14.2. The Hall–Kier alpha value is -3.03. The number of hydrogen-bond acceptors (Lipinski definition) is 7. The zero-order valence-electron chi connectivity index (χ0n) is 17.1. The smallest absolute Gasteiger partial charge is 0.409 e. The Labute approximate surface area is 171 Å². The summed E-state index contributed by atoms with van der Waals surface area (Å²) in [5.41, 5.74) is 1.19. The fourth-order valence-electron chi connectivity index (χ4n) is 3.30. The van der Waals surface area contributed by atoms with Crippen LogP contribution in [0.1, 0.15) is 25.3 Å². The number of rotatable bonds is 8. The van der Waals surface area contributed by atoms with Gasteiger partial charge in [0.15, 0.2) is 0 Å². The van der Waals surface area contributed by atoms with Crippen molar-refractivity contribution in [2.45, 2.75) is 32.2 Å². The number of methoxy groups -OCH3 is 1. The molecule has 29 heavy (non-hydrogen) atoms. The average molecular weight is 399 g/mol. The van der Waals surface area contributed by atoms with Gasteiger partial charge in [0.05, 0.1) is 13.7 Å². The molecule has 1 aliphatic heterocycles. The topological polar surface area (TPSA) is 88.6 Å². The molecule has 0 atom stereocenters. The Bertz CT molecular complexity index is 793. The van der Waals surface area contributed by atoms with E-state index in [2.05, 4.69) is 26.7 Å². The highest BCUT2D eigenvalue weighted by molar-refractivity contribution is 5.67. The number of carbonyl (C=O) groups excluding carboxylic acids is 1. The molecule has 2 heterocycles. The molecular weight excluding hydrogens is 370 g/mol. The van der Waals surface area contributed by atoms with E-state index in [0.29, 0.717) is 25.6 Å². The van der Waals surface area contributed by atoms with E-state index in [9.17, 15) is 4.79 Å². The maximum atomic E-state index is 11.8. The summed E-state index contributed by atoms with van der Waals surface area (Å²) in [6.45, 7) is 4.34. The number of carbonyl (C=O) groups is 1. The zero-order valence-corrected chi connectivity index (χ0v) is 17.1. The van der Waals surface area contributed by atoms with E-state index < -0.39 is 0 Å². The van der Waals surface area contributed by atoms with Gasteiger partial charge in [0.2, 0.25) is 5.95 Å². The average Bonchev–Trinajstić information content (AvgIpc) is 2.75. The monoisotopic (exact) mass is 399 g/mol. The largest absolute Gasteiger partial charge is 0.497 e. The minimum atomic E-state index is -0.226. The number of benzene rings is 1. The van der Waals surface area contributed by atoms with E-state index in [-0.39, 0.29) is 12.1 Å². The number of ether oxygens (including phenoxy) is 2. The molecule has 1 aromatic carbocycles. The van der Waals surface area contributed by atoms with E-state index in [1.807, 2.05) is 31.2 Å². The van der Waals surface area contributed by atoms with Crippen molar-refractivity contribution in [3.8, 4) is 5.75 Å². The maximum absolute atomic E-state index is 11.8. The Morgan fingerprint density at radius 2 is 2.10 bits per heavy atom. The van der Waals surface area contributed by atoms with Crippen LogP contribution in [-0.4, -0.2) is 60.4 Å². The van der Waals surface area contributed by atoms with Crippen molar-refractivity contribution in [2.75, 3.05) is 44.0 Å². The molecule has 8 nitrogen and oxygen atoms in total. The fourth-order valence-corrected chi connectivity index (χ4v) is 3.30. The van der Waals surface area contributed by atoms with E-state index >= 15 is 0 Å². The standard InChI is InChI=1S/C21H29N5O3/c1-3-29-21(27)26-13-9-17(10-14-26)24-19-8-12-23-20(25-19)22-11-7-16-5-4-6-18(15-16)28-2/h4-6,8,12,15,17H,3,7,9-11,13-14H2,1-2H3,(H2,22,23,24,25). The third-order valence-corrected chi connectivity index (χ3v) is 4.86. The van der Waals surface area contributed by atoms with Gasteiger partial charge in [-0.1, -0.05) is 12.1 Å². The summed E-state index contributed by atoms with van der Waals surface area (Å²) < 4.78 is 10.3. The van der Waals surface area contributed by atoms with Gasteiger partial charge in [0.1, 0.15) is 11.6 Å². The second-order valence-electron chi connectivity index (χ2n) is 6.90. The van der Waals surface area contributed by atoms with Crippen molar-refractivity contribution in [1.29, 1.82) is 0 Å². The van der Waals surface area contributed by atoms with Gasteiger partial charge < -0.3 is 25.0 Å². The highest BCUT2D eigenvalue weighted by Gasteiger charge is 2.23. The number of hydrogen-bond donors (Lipinski definition) is 2. The number of nitrogens with one attached hydrogen (secondary N) is 2. The lowest BCUT2D eigenvalue weighted by Gasteiger charge is -2.31. The van der Waals surface area contributed by atoms with Crippen molar-refractivity contribution in [2.24, 2.45) is 0 Å². The molecule has 2 N–H and O–H groups in total. The molecule has 0 spiro atoms. The predicted molar refractivity (Wildman–Crippen MR) is 112 cm³/mol.